The molecular weight excluding hydrogens is 410 g/mol. The molecule has 34 heavy (non-hydrogen) atoms. The van der Waals surface area contributed by atoms with Gasteiger partial charge in [0.1, 0.15) is 0 Å². The Kier molecular flexibility index (Phi) is 4.55. The van der Waals surface area contributed by atoms with Gasteiger partial charge in [0.15, 0.2) is 0 Å². The highest BCUT2D eigenvalue weighted by molar-refractivity contribution is 5.98. The predicted octanol–water partition coefficient (Wildman–Crippen LogP) is 8.58. The van der Waals surface area contributed by atoms with Crippen molar-refractivity contribution in [2.75, 3.05) is 5.32 Å². The number of allylic oxidation sites excluding steroid dienone is 11. The zero-order chi connectivity index (χ0) is 22.5. The molecule has 0 bridgehead atoms. The summed E-state index contributed by atoms with van der Waals surface area (Å²) in [5, 5.41) is 6.36. The maximum atomic E-state index is 3.71. The summed E-state index contributed by atoms with van der Waals surface area (Å²) in [5.74, 6) is 0.912. The van der Waals surface area contributed by atoms with Gasteiger partial charge in [-0.25, -0.2) is 0 Å². The van der Waals surface area contributed by atoms with Crippen LogP contribution >= 0.6 is 0 Å². The van der Waals surface area contributed by atoms with Crippen LogP contribution in [-0.4, -0.2) is 0 Å². The Hall–Kier alpha value is -3.84. The number of nitrogens with one attached hydrogen (secondary N) is 1. The SMILES string of the molecule is C1=CC=C(Nc2ccc(C3CC=C4C5=C3C=CC[C@H]5c3ccccc34)c3ccccc23)CC=C1. The molecule has 0 amide bonds. The van der Waals surface area contributed by atoms with Crippen molar-refractivity contribution in [3.63, 3.8) is 0 Å². The Labute approximate surface area is 201 Å². The zero-order valence-corrected chi connectivity index (χ0v) is 19.2. The summed E-state index contributed by atoms with van der Waals surface area (Å²) in [7, 11) is 0. The first-order chi connectivity index (χ1) is 16.9. The highest BCUT2D eigenvalue weighted by Crippen LogP contribution is 2.56. The van der Waals surface area contributed by atoms with Crippen LogP contribution in [0.15, 0.2) is 126 Å². The van der Waals surface area contributed by atoms with Crippen molar-refractivity contribution in [3.05, 3.63) is 143 Å². The first-order valence-electron chi connectivity index (χ1n) is 12.4. The van der Waals surface area contributed by atoms with Crippen LogP contribution in [0.2, 0.25) is 0 Å². The summed E-state index contributed by atoms with van der Waals surface area (Å²) < 4.78 is 0. The minimum atomic E-state index is 0.397. The average Bonchev–Trinajstić information content (AvgIpc) is 3.02. The standard InChI is InChI=1S/C33H27N/c1-2-4-11-22(10-3-1)34-32-21-20-26(23-12-7-8-15-28(23)32)27-18-19-31-25-14-6-5-13-24(25)29-16-9-17-30(27)33(29)31/h1-10,12-15,17,19-21,27,29,34H,11,16,18H2/t27?,29-/m0/s1. The molecule has 1 N–H and O–H groups in total. The van der Waals surface area contributed by atoms with Crippen LogP contribution in [0.3, 0.4) is 0 Å². The van der Waals surface area contributed by atoms with E-state index >= 15 is 0 Å². The molecule has 7 rings (SSSR count). The fourth-order valence-corrected chi connectivity index (χ4v) is 6.32. The molecule has 1 heteroatoms. The lowest BCUT2D eigenvalue weighted by molar-refractivity contribution is 0.756. The molecule has 0 saturated heterocycles. The largest absolute Gasteiger partial charge is 0.358 e. The van der Waals surface area contributed by atoms with Gasteiger partial charge in [-0.2, -0.15) is 0 Å². The predicted molar refractivity (Wildman–Crippen MR) is 144 cm³/mol. The Bertz CT molecular complexity index is 1500. The van der Waals surface area contributed by atoms with Gasteiger partial charge < -0.3 is 5.32 Å². The molecular formula is C33H27N. The van der Waals surface area contributed by atoms with Crippen LogP contribution in [0.5, 0.6) is 0 Å². The smallest absolute Gasteiger partial charge is 0.0461 e. The van der Waals surface area contributed by atoms with Crippen molar-refractivity contribution in [3.8, 4) is 0 Å². The third-order valence-electron chi connectivity index (χ3n) is 7.80. The number of rotatable bonds is 3. The fourth-order valence-electron chi connectivity index (χ4n) is 6.32. The lowest BCUT2D eigenvalue weighted by Gasteiger charge is -2.31. The summed E-state index contributed by atoms with van der Waals surface area (Å²) in [5.41, 5.74) is 11.4. The van der Waals surface area contributed by atoms with Gasteiger partial charge in [0.2, 0.25) is 0 Å². The van der Waals surface area contributed by atoms with Crippen LogP contribution in [-0.2, 0) is 0 Å². The lowest BCUT2D eigenvalue weighted by atomic mass is 9.73. The van der Waals surface area contributed by atoms with Crippen molar-refractivity contribution in [2.24, 2.45) is 0 Å². The summed E-state index contributed by atoms with van der Waals surface area (Å²) in [4.78, 5) is 0. The monoisotopic (exact) mass is 437 g/mol. The van der Waals surface area contributed by atoms with Crippen molar-refractivity contribution in [1.82, 2.24) is 0 Å². The van der Waals surface area contributed by atoms with Crippen LogP contribution in [0.4, 0.5) is 5.69 Å². The van der Waals surface area contributed by atoms with Crippen LogP contribution < -0.4 is 5.32 Å². The van der Waals surface area contributed by atoms with E-state index in [-0.39, 0.29) is 0 Å². The number of benzene rings is 3. The molecule has 3 aromatic carbocycles. The first kappa shape index (κ1) is 19.6. The highest BCUT2D eigenvalue weighted by atomic mass is 14.9. The molecule has 2 atom stereocenters. The highest BCUT2D eigenvalue weighted by Gasteiger charge is 2.38. The van der Waals surface area contributed by atoms with Gasteiger partial charge in [-0.1, -0.05) is 97.1 Å². The molecule has 1 unspecified atom stereocenters. The molecule has 1 nitrogen and oxygen atoms in total. The van der Waals surface area contributed by atoms with E-state index in [1.54, 1.807) is 5.57 Å². The van der Waals surface area contributed by atoms with E-state index in [0.29, 0.717) is 11.8 Å². The first-order valence-corrected chi connectivity index (χ1v) is 12.4. The van der Waals surface area contributed by atoms with E-state index in [1.807, 2.05) is 0 Å². The van der Waals surface area contributed by atoms with Gasteiger partial charge in [0, 0.05) is 35.0 Å². The van der Waals surface area contributed by atoms with Crippen LogP contribution in [0.1, 0.15) is 47.8 Å². The third kappa shape index (κ3) is 3.00. The number of anilines is 1. The summed E-state index contributed by atoms with van der Waals surface area (Å²) >= 11 is 0. The van der Waals surface area contributed by atoms with Crippen molar-refractivity contribution < 1.29 is 0 Å². The molecule has 4 aliphatic rings. The second-order valence-electron chi connectivity index (χ2n) is 9.64. The normalized spacial score (nSPS) is 22.2. The summed E-state index contributed by atoms with van der Waals surface area (Å²) in [6, 6.07) is 22.6. The second-order valence-corrected chi connectivity index (χ2v) is 9.64. The van der Waals surface area contributed by atoms with Crippen LogP contribution in [0.25, 0.3) is 16.3 Å². The Morgan fingerprint density at radius 2 is 1.59 bits per heavy atom. The van der Waals surface area contributed by atoms with Gasteiger partial charge in [0.25, 0.3) is 0 Å². The van der Waals surface area contributed by atoms with E-state index < -0.39 is 0 Å². The topological polar surface area (TPSA) is 12.0 Å². The molecule has 0 radical (unpaired) electrons. The lowest BCUT2D eigenvalue weighted by Crippen LogP contribution is -2.13. The molecule has 4 aliphatic carbocycles. The molecule has 164 valence electrons. The van der Waals surface area contributed by atoms with Crippen LogP contribution in [0, 0.1) is 0 Å². The zero-order valence-electron chi connectivity index (χ0n) is 19.2. The Balaban J connectivity index is 1.33. The molecule has 0 aliphatic heterocycles. The number of fused-ring (bicyclic) bond motifs is 4. The van der Waals surface area contributed by atoms with Gasteiger partial charge >= 0.3 is 0 Å². The van der Waals surface area contributed by atoms with E-state index in [4.69, 9.17) is 0 Å². The summed E-state index contributed by atoms with van der Waals surface area (Å²) in [6.07, 6.45) is 21.1. The van der Waals surface area contributed by atoms with E-state index in [0.717, 1.165) is 19.3 Å². The van der Waals surface area contributed by atoms with Gasteiger partial charge in [-0.3, -0.25) is 0 Å². The molecule has 0 saturated carbocycles. The number of hydrogen-bond acceptors (Lipinski definition) is 1. The minimum absolute atomic E-state index is 0.397. The fraction of sp³-hybridized carbons (Fsp3) is 0.152. The average molecular weight is 438 g/mol. The van der Waals surface area contributed by atoms with Gasteiger partial charge in [0.05, 0.1) is 0 Å². The second kappa shape index (κ2) is 7.88. The van der Waals surface area contributed by atoms with Gasteiger partial charge in [-0.05, 0) is 63.8 Å². The maximum absolute atomic E-state index is 3.71. The van der Waals surface area contributed by atoms with E-state index in [1.165, 1.54) is 50.0 Å². The molecule has 3 aromatic rings. The maximum Gasteiger partial charge on any atom is 0.0461 e. The molecule has 0 heterocycles. The number of hydrogen-bond donors (Lipinski definition) is 1. The molecule has 0 spiro atoms. The van der Waals surface area contributed by atoms with Crippen molar-refractivity contribution >= 4 is 22.0 Å². The third-order valence-corrected chi connectivity index (χ3v) is 7.80. The van der Waals surface area contributed by atoms with Crippen molar-refractivity contribution in [1.29, 1.82) is 0 Å². The Morgan fingerprint density at radius 3 is 2.56 bits per heavy atom. The van der Waals surface area contributed by atoms with Crippen molar-refractivity contribution in [2.45, 2.75) is 31.1 Å². The minimum Gasteiger partial charge on any atom is -0.358 e. The molecule has 0 aromatic heterocycles. The molecule has 0 fully saturated rings. The summed E-state index contributed by atoms with van der Waals surface area (Å²) in [6.45, 7) is 0. The van der Waals surface area contributed by atoms with E-state index in [9.17, 15) is 0 Å². The quantitative estimate of drug-likeness (QED) is 0.433. The Morgan fingerprint density at radius 1 is 0.706 bits per heavy atom. The van der Waals surface area contributed by atoms with Gasteiger partial charge in [-0.15, -0.1) is 0 Å². The van der Waals surface area contributed by atoms with E-state index in [2.05, 4.69) is 115 Å².